The summed E-state index contributed by atoms with van der Waals surface area (Å²) in [6.45, 7) is 3.86. The van der Waals surface area contributed by atoms with Crippen LogP contribution in [0.5, 0.6) is 0 Å². The van der Waals surface area contributed by atoms with Crippen LogP contribution in [0.3, 0.4) is 0 Å². The van der Waals surface area contributed by atoms with E-state index in [4.69, 9.17) is 0 Å². The van der Waals surface area contributed by atoms with Crippen LogP contribution in [0, 0.1) is 17.0 Å². The lowest BCUT2D eigenvalue weighted by atomic mass is 10.4. The van der Waals surface area contributed by atoms with Gasteiger partial charge in [0.15, 0.2) is 0 Å². The Morgan fingerprint density at radius 1 is 1.71 bits per heavy atom. The van der Waals surface area contributed by atoms with Gasteiger partial charge in [-0.1, -0.05) is 13.3 Å². The van der Waals surface area contributed by atoms with Gasteiger partial charge in [0, 0.05) is 12.7 Å². The lowest BCUT2D eigenvalue weighted by Crippen LogP contribution is -1.98. The fourth-order valence-corrected chi connectivity index (χ4v) is 2.08. The van der Waals surface area contributed by atoms with Crippen molar-refractivity contribution >= 4 is 17.8 Å². The van der Waals surface area contributed by atoms with Gasteiger partial charge in [0.2, 0.25) is 5.82 Å². The SMILES string of the molecule is CCCCSn1c([N+](=O)[O-])cnc1C. The van der Waals surface area contributed by atoms with E-state index in [0.717, 1.165) is 18.6 Å². The van der Waals surface area contributed by atoms with Crippen molar-refractivity contribution in [1.29, 1.82) is 0 Å². The molecule has 0 atom stereocenters. The molecule has 14 heavy (non-hydrogen) atoms. The molecule has 0 amide bonds. The number of hydrogen-bond acceptors (Lipinski definition) is 4. The standard InChI is InChI=1S/C8H13N3O2S/c1-3-4-5-14-10-7(2)9-6-8(10)11(12)13/h6H,3-5H2,1-2H3. The van der Waals surface area contributed by atoms with Crippen LogP contribution in [0.4, 0.5) is 5.82 Å². The maximum atomic E-state index is 10.6. The number of aryl methyl sites for hydroxylation is 1. The highest BCUT2D eigenvalue weighted by Gasteiger charge is 2.17. The summed E-state index contributed by atoms with van der Waals surface area (Å²) in [5, 5.41) is 10.6. The molecular weight excluding hydrogens is 202 g/mol. The monoisotopic (exact) mass is 215 g/mol. The van der Waals surface area contributed by atoms with E-state index in [-0.39, 0.29) is 5.82 Å². The average Bonchev–Trinajstić information content (AvgIpc) is 2.48. The third-order valence-electron chi connectivity index (χ3n) is 1.77. The van der Waals surface area contributed by atoms with Crippen molar-refractivity contribution < 1.29 is 4.92 Å². The molecule has 1 aromatic rings. The van der Waals surface area contributed by atoms with E-state index in [9.17, 15) is 10.1 Å². The molecule has 0 aliphatic heterocycles. The zero-order chi connectivity index (χ0) is 10.6. The quantitative estimate of drug-likeness (QED) is 0.430. The van der Waals surface area contributed by atoms with Crippen molar-refractivity contribution in [2.24, 2.45) is 0 Å². The molecule has 1 aromatic heterocycles. The van der Waals surface area contributed by atoms with Gasteiger partial charge in [-0.15, -0.1) is 3.97 Å². The van der Waals surface area contributed by atoms with Gasteiger partial charge in [-0.25, -0.2) is 4.98 Å². The van der Waals surface area contributed by atoms with Crippen molar-refractivity contribution in [3.8, 4) is 0 Å². The Bertz CT molecular complexity index is 324. The van der Waals surface area contributed by atoms with Crippen LogP contribution in [0.15, 0.2) is 6.20 Å². The number of hydrogen-bond donors (Lipinski definition) is 0. The molecule has 0 unspecified atom stereocenters. The van der Waals surface area contributed by atoms with E-state index in [1.54, 1.807) is 10.9 Å². The van der Waals surface area contributed by atoms with Crippen LogP contribution in [-0.2, 0) is 0 Å². The fourth-order valence-electron chi connectivity index (χ4n) is 1.00. The Hall–Kier alpha value is -1.04. The Morgan fingerprint density at radius 2 is 2.43 bits per heavy atom. The topological polar surface area (TPSA) is 61.0 Å². The van der Waals surface area contributed by atoms with Crippen molar-refractivity contribution in [2.45, 2.75) is 26.7 Å². The number of nitrogens with zero attached hydrogens (tertiary/aromatic N) is 3. The van der Waals surface area contributed by atoms with Crippen LogP contribution in [0.2, 0.25) is 0 Å². The highest BCUT2D eigenvalue weighted by Crippen LogP contribution is 2.21. The predicted octanol–water partition coefficient (Wildman–Crippen LogP) is 2.40. The van der Waals surface area contributed by atoms with E-state index < -0.39 is 4.92 Å². The van der Waals surface area contributed by atoms with Gasteiger partial charge in [0.25, 0.3) is 0 Å². The number of unbranched alkanes of at least 4 members (excludes halogenated alkanes) is 1. The van der Waals surface area contributed by atoms with Gasteiger partial charge in [-0.2, -0.15) is 0 Å². The largest absolute Gasteiger partial charge is 0.358 e. The fraction of sp³-hybridized carbons (Fsp3) is 0.625. The molecule has 0 spiro atoms. The van der Waals surface area contributed by atoms with E-state index in [2.05, 4.69) is 11.9 Å². The van der Waals surface area contributed by atoms with Crippen LogP contribution in [0.1, 0.15) is 25.6 Å². The summed E-state index contributed by atoms with van der Waals surface area (Å²) in [4.78, 5) is 14.1. The number of rotatable bonds is 5. The third-order valence-corrected chi connectivity index (χ3v) is 2.95. The van der Waals surface area contributed by atoms with Crippen LogP contribution in [0.25, 0.3) is 0 Å². The number of nitro groups is 1. The van der Waals surface area contributed by atoms with E-state index in [1.807, 2.05) is 0 Å². The summed E-state index contributed by atoms with van der Waals surface area (Å²) in [5.41, 5.74) is 0. The molecule has 0 aliphatic rings. The minimum atomic E-state index is -0.404. The van der Waals surface area contributed by atoms with E-state index >= 15 is 0 Å². The molecule has 5 nitrogen and oxygen atoms in total. The van der Waals surface area contributed by atoms with E-state index in [1.165, 1.54) is 18.1 Å². The highest BCUT2D eigenvalue weighted by atomic mass is 32.2. The smallest absolute Gasteiger partial charge is 0.354 e. The van der Waals surface area contributed by atoms with Gasteiger partial charge in [0.05, 0.1) is 11.9 Å². The summed E-state index contributed by atoms with van der Waals surface area (Å²) < 4.78 is 1.58. The highest BCUT2D eigenvalue weighted by molar-refractivity contribution is 7.97. The first kappa shape index (κ1) is 11.0. The zero-order valence-corrected chi connectivity index (χ0v) is 9.08. The van der Waals surface area contributed by atoms with Gasteiger partial charge in [-0.05, 0) is 11.3 Å². The molecule has 0 saturated carbocycles. The molecule has 0 aliphatic carbocycles. The maximum Gasteiger partial charge on any atom is 0.354 e. The van der Waals surface area contributed by atoms with Gasteiger partial charge < -0.3 is 10.1 Å². The van der Waals surface area contributed by atoms with Crippen LogP contribution >= 0.6 is 11.9 Å². The zero-order valence-electron chi connectivity index (χ0n) is 8.27. The maximum absolute atomic E-state index is 10.6. The number of aromatic nitrogens is 2. The first-order valence-electron chi connectivity index (χ1n) is 4.48. The Morgan fingerprint density at radius 3 is 3.00 bits per heavy atom. The van der Waals surface area contributed by atoms with Crippen molar-refractivity contribution in [1.82, 2.24) is 8.96 Å². The van der Waals surface area contributed by atoms with Crippen LogP contribution in [-0.4, -0.2) is 19.6 Å². The average molecular weight is 215 g/mol. The summed E-state index contributed by atoms with van der Waals surface area (Å²) in [5.74, 6) is 1.62. The molecule has 0 radical (unpaired) electrons. The molecule has 1 rings (SSSR count). The molecule has 1 heterocycles. The molecule has 0 bridgehead atoms. The molecular formula is C8H13N3O2S. The Labute approximate surface area is 86.8 Å². The summed E-state index contributed by atoms with van der Waals surface area (Å²) in [6.07, 6.45) is 3.45. The Balaban J connectivity index is 2.72. The first-order valence-corrected chi connectivity index (χ1v) is 5.43. The van der Waals surface area contributed by atoms with Crippen molar-refractivity contribution in [2.75, 3.05) is 5.75 Å². The first-order chi connectivity index (χ1) is 6.66. The lowest BCUT2D eigenvalue weighted by molar-refractivity contribution is -0.390. The summed E-state index contributed by atoms with van der Waals surface area (Å²) >= 11 is 1.45. The molecule has 0 fully saturated rings. The van der Waals surface area contributed by atoms with Crippen molar-refractivity contribution in [3.63, 3.8) is 0 Å². The molecule has 0 N–H and O–H groups in total. The molecule has 0 saturated heterocycles. The summed E-state index contributed by atoms with van der Waals surface area (Å²) in [7, 11) is 0. The Kier molecular flexibility index (Phi) is 3.94. The van der Waals surface area contributed by atoms with Gasteiger partial charge >= 0.3 is 5.82 Å². The normalized spacial score (nSPS) is 10.4. The van der Waals surface area contributed by atoms with Crippen molar-refractivity contribution in [3.05, 3.63) is 22.1 Å². The summed E-state index contributed by atoms with van der Waals surface area (Å²) in [6, 6.07) is 0. The minimum absolute atomic E-state index is 0.0589. The minimum Gasteiger partial charge on any atom is -0.358 e. The van der Waals surface area contributed by atoms with E-state index in [0.29, 0.717) is 5.82 Å². The van der Waals surface area contributed by atoms with Crippen LogP contribution < -0.4 is 0 Å². The van der Waals surface area contributed by atoms with Gasteiger partial charge in [0.1, 0.15) is 6.20 Å². The number of imidazole rings is 1. The molecule has 6 heteroatoms. The second kappa shape index (κ2) is 4.99. The second-order valence-electron chi connectivity index (χ2n) is 2.90. The second-order valence-corrected chi connectivity index (χ2v) is 3.93. The molecule has 78 valence electrons. The molecule has 0 aromatic carbocycles. The predicted molar refractivity (Wildman–Crippen MR) is 56.4 cm³/mol. The lowest BCUT2D eigenvalue weighted by Gasteiger charge is -1.99. The van der Waals surface area contributed by atoms with Gasteiger partial charge in [-0.3, -0.25) is 0 Å². The third kappa shape index (κ3) is 2.47.